The molecule has 1 amide bonds. The Kier molecular flexibility index (Phi) is 7.26. The number of rotatable bonds is 8. The van der Waals surface area contributed by atoms with Gasteiger partial charge in [-0.25, -0.2) is 9.78 Å². The van der Waals surface area contributed by atoms with E-state index in [0.717, 1.165) is 38.9 Å². The number of aliphatic hydroxyl groups excluding tert-OH is 1. The number of amides is 1. The smallest absolute Gasteiger partial charge is 0.340 e. The molecule has 3 N–H and O–H groups in total. The molecule has 9 heteroatoms. The van der Waals surface area contributed by atoms with E-state index < -0.39 is 12.1 Å². The highest BCUT2D eigenvalue weighted by molar-refractivity contribution is 6.08. The number of hydrogen-bond acceptors (Lipinski definition) is 6. The van der Waals surface area contributed by atoms with E-state index in [-0.39, 0.29) is 12.0 Å². The third kappa shape index (κ3) is 5.31. The van der Waals surface area contributed by atoms with Gasteiger partial charge in [0.2, 0.25) is 5.91 Å². The number of benzene rings is 1. The van der Waals surface area contributed by atoms with Crippen LogP contribution in [0.5, 0.6) is 0 Å². The van der Waals surface area contributed by atoms with Crippen LogP contribution in [0.15, 0.2) is 49.4 Å². The Bertz CT molecular complexity index is 1500. The van der Waals surface area contributed by atoms with Crippen molar-refractivity contribution in [3.05, 3.63) is 66.1 Å². The largest absolute Gasteiger partial charge is 0.459 e. The highest BCUT2D eigenvalue weighted by atomic mass is 16.5. The van der Waals surface area contributed by atoms with Crippen LogP contribution in [0.2, 0.25) is 0 Å². The van der Waals surface area contributed by atoms with Gasteiger partial charge in [0.15, 0.2) is 0 Å². The van der Waals surface area contributed by atoms with Crippen molar-refractivity contribution in [2.75, 3.05) is 5.32 Å². The maximum atomic E-state index is 12.8. The summed E-state index contributed by atoms with van der Waals surface area (Å²) in [5.41, 5.74) is 6.41. The topological polar surface area (TPSA) is 122 Å². The highest BCUT2D eigenvalue weighted by Crippen LogP contribution is 2.41. The van der Waals surface area contributed by atoms with Crippen LogP contribution in [-0.2, 0) is 16.1 Å². The average molecular weight is 502 g/mol. The van der Waals surface area contributed by atoms with Crippen molar-refractivity contribution in [2.45, 2.75) is 53.4 Å². The first-order valence-corrected chi connectivity index (χ1v) is 12.1. The van der Waals surface area contributed by atoms with Crippen molar-refractivity contribution < 1.29 is 19.4 Å². The molecule has 0 aliphatic heterocycles. The van der Waals surface area contributed by atoms with Gasteiger partial charge in [0.25, 0.3) is 0 Å². The molecule has 0 bridgehead atoms. The number of nitrogens with one attached hydrogen (secondary N) is 2. The molecule has 1 unspecified atom stereocenters. The molecule has 0 aliphatic carbocycles. The second-order valence-corrected chi connectivity index (χ2v) is 9.37. The number of aromatic amines is 1. The minimum Gasteiger partial charge on any atom is -0.459 e. The summed E-state index contributed by atoms with van der Waals surface area (Å²) in [5, 5.41) is 17.8. The summed E-state index contributed by atoms with van der Waals surface area (Å²) < 4.78 is 7.12. The van der Waals surface area contributed by atoms with Crippen molar-refractivity contribution in [1.82, 2.24) is 19.7 Å². The highest BCUT2D eigenvalue weighted by Gasteiger charge is 2.23. The molecule has 4 rings (SSSR count). The number of nitrogens with zero attached hydrogens (tertiary/aromatic N) is 3. The Hall–Kier alpha value is -4.24. The molecule has 3 aromatic heterocycles. The van der Waals surface area contributed by atoms with Crippen molar-refractivity contribution in [3.63, 3.8) is 0 Å². The van der Waals surface area contributed by atoms with Gasteiger partial charge in [-0.2, -0.15) is 5.10 Å². The number of ether oxygens (including phenoxy) is 1. The van der Waals surface area contributed by atoms with Crippen molar-refractivity contribution in [3.8, 4) is 22.4 Å². The van der Waals surface area contributed by atoms with Gasteiger partial charge in [-0.3, -0.25) is 9.48 Å². The predicted molar refractivity (Wildman–Crippen MR) is 143 cm³/mol. The SMILES string of the molecule is C=CC(=O)Nc1cc(-c2c(-c3cnn(CC(C)O)c3)[nH]c3ncc(C(=O)OC(C)C)c(C)c23)ccc1C. The van der Waals surface area contributed by atoms with Crippen LogP contribution < -0.4 is 5.32 Å². The van der Waals surface area contributed by atoms with Crippen molar-refractivity contribution in [2.24, 2.45) is 0 Å². The Morgan fingerprint density at radius 2 is 1.97 bits per heavy atom. The van der Waals surface area contributed by atoms with Crippen LogP contribution in [0.4, 0.5) is 5.69 Å². The molecule has 0 aliphatic rings. The molecular formula is C28H31N5O4. The van der Waals surface area contributed by atoms with Gasteiger partial charge in [-0.1, -0.05) is 18.7 Å². The monoisotopic (exact) mass is 501 g/mol. The maximum absolute atomic E-state index is 12.8. The van der Waals surface area contributed by atoms with Gasteiger partial charge < -0.3 is 20.1 Å². The number of H-pyrrole nitrogens is 1. The summed E-state index contributed by atoms with van der Waals surface area (Å²) in [6, 6.07) is 5.78. The van der Waals surface area contributed by atoms with Gasteiger partial charge in [-0.15, -0.1) is 0 Å². The standard InChI is InChI=1S/C28H31N5O4/c1-7-23(35)31-22-10-19(9-8-16(22)4)25-24-18(6)21(28(36)37-15(2)3)12-29-27(24)32-26(25)20-11-30-33(14-20)13-17(5)34/h7-12,14-15,17,34H,1,13H2,2-6H3,(H,29,32)(H,31,35). The minimum atomic E-state index is -0.554. The third-order valence-corrected chi connectivity index (χ3v) is 5.99. The Morgan fingerprint density at radius 3 is 2.65 bits per heavy atom. The van der Waals surface area contributed by atoms with E-state index in [9.17, 15) is 14.7 Å². The van der Waals surface area contributed by atoms with Gasteiger partial charge >= 0.3 is 5.97 Å². The minimum absolute atomic E-state index is 0.267. The lowest BCUT2D eigenvalue weighted by atomic mass is 9.95. The predicted octanol–water partition coefficient (Wildman–Crippen LogP) is 4.78. The first-order chi connectivity index (χ1) is 17.6. The molecule has 0 spiro atoms. The van der Waals surface area contributed by atoms with E-state index >= 15 is 0 Å². The van der Waals surface area contributed by atoms with Crippen molar-refractivity contribution >= 4 is 28.6 Å². The average Bonchev–Trinajstić information content (AvgIpc) is 3.44. The van der Waals surface area contributed by atoms with Crippen LogP contribution in [0, 0.1) is 13.8 Å². The van der Waals surface area contributed by atoms with Crippen molar-refractivity contribution in [1.29, 1.82) is 0 Å². The number of esters is 1. The number of hydrogen-bond donors (Lipinski definition) is 3. The fourth-order valence-corrected chi connectivity index (χ4v) is 4.26. The summed E-state index contributed by atoms with van der Waals surface area (Å²) >= 11 is 0. The number of fused-ring (bicyclic) bond motifs is 1. The zero-order valence-corrected chi connectivity index (χ0v) is 21.6. The first kappa shape index (κ1) is 25.8. The lowest BCUT2D eigenvalue weighted by Gasteiger charge is -2.13. The normalized spacial score (nSPS) is 12.1. The Morgan fingerprint density at radius 1 is 1.22 bits per heavy atom. The first-order valence-electron chi connectivity index (χ1n) is 12.1. The van der Waals surface area contributed by atoms with Gasteiger partial charge in [-0.05, 0) is 63.5 Å². The molecule has 0 saturated heterocycles. The number of carbonyl (C=O) groups is 2. The summed E-state index contributed by atoms with van der Waals surface area (Å²) in [6.07, 6.45) is 5.49. The molecule has 37 heavy (non-hydrogen) atoms. The van der Waals surface area contributed by atoms with Gasteiger partial charge in [0, 0.05) is 34.6 Å². The number of carbonyl (C=O) groups excluding carboxylic acids is 2. The van der Waals surface area contributed by atoms with E-state index in [1.54, 1.807) is 31.6 Å². The van der Waals surface area contributed by atoms with Gasteiger partial charge in [0.05, 0.1) is 36.2 Å². The third-order valence-electron chi connectivity index (χ3n) is 5.99. The summed E-state index contributed by atoms with van der Waals surface area (Å²) in [5.74, 6) is -0.751. The van der Waals surface area contributed by atoms with E-state index in [0.29, 0.717) is 23.4 Å². The quantitative estimate of drug-likeness (QED) is 0.236. The van der Waals surface area contributed by atoms with Crippen LogP contribution in [0.3, 0.4) is 0 Å². The van der Waals surface area contributed by atoms with Crippen LogP contribution in [0.25, 0.3) is 33.4 Å². The maximum Gasteiger partial charge on any atom is 0.340 e. The molecule has 1 atom stereocenters. The molecule has 192 valence electrons. The summed E-state index contributed by atoms with van der Waals surface area (Å²) in [6.45, 7) is 13.0. The van der Waals surface area contributed by atoms with E-state index in [2.05, 4.69) is 27.0 Å². The number of aliphatic hydroxyl groups is 1. The fourth-order valence-electron chi connectivity index (χ4n) is 4.26. The number of aromatic nitrogens is 4. The second kappa shape index (κ2) is 10.4. The fraction of sp³-hybridized carbons (Fsp3) is 0.286. The Labute approximate surface area is 215 Å². The number of pyridine rings is 1. The molecule has 9 nitrogen and oxygen atoms in total. The summed E-state index contributed by atoms with van der Waals surface area (Å²) in [7, 11) is 0. The van der Waals surface area contributed by atoms with Crippen LogP contribution >= 0.6 is 0 Å². The van der Waals surface area contributed by atoms with Gasteiger partial charge in [0.1, 0.15) is 5.65 Å². The molecule has 3 heterocycles. The Balaban J connectivity index is 1.97. The lowest BCUT2D eigenvalue weighted by molar-refractivity contribution is -0.111. The zero-order valence-electron chi connectivity index (χ0n) is 21.6. The van der Waals surface area contributed by atoms with E-state index in [4.69, 9.17) is 4.74 Å². The van der Waals surface area contributed by atoms with E-state index in [1.807, 2.05) is 38.2 Å². The van der Waals surface area contributed by atoms with Crippen LogP contribution in [-0.4, -0.2) is 48.9 Å². The summed E-state index contributed by atoms with van der Waals surface area (Å²) in [4.78, 5) is 32.8. The molecule has 1 aromatic carbocycles. The molecule has 4 aromatic rings. The van der Waals surface area contributed by atoms with E-state index in [1.165, 1.54) is 12.3 Å². The molecular weight excluding hydrogens is 470 g/mol. The molecule has 0 fully saturated rings. The molecule has 0 radical (unpaired) electrons. The number of aryl methyl sites for hydroxylation is 2. The lowest BCUT2D eigenvalue weighted by Crippen LogP contribution is -2.13. The molecule has 0 saturated carbocycles. The second-order valence-electron chi connectivity index (χ2n) is 9.37. The van der Waals surface area contributed by atoms with Crippen LogP contribution in [0.1, 0.15) is 42.3 Å². The zero-order chi connectivity index (χ0) is 26.9. The number of anilines is 1.